The molecule has 1 N–H and O–H groups in total. The average molecular weight is 170 g/mol. The van der Waals surface area contributed by atoms with Crippen LogP contribution in [0.2, 0.25) is 0 Å². The average Bonchev–Trinajstić information content (AvgIpc) is 2.04. The van der Waals surface area contributed by atoms with Crippen molar-refractivity contribution in [3.63, 3.8) is 0 Å². The third-order valence-electron chi connectivity index (χ3n) is 2.03. The summed E-state index contributed by atoms with van der Waals surface area (Å²) in [4.78, 5) is 10.0. The van der Waals surface area contributed by atoms with Crippen molar-refractivity contribution in [3.8, 4) is 0 Å². The zero-order valence-electron chi connectivity index (χ0n) is 6.98. The third kappa shape index (κ3) is 3.05. The smallest absolute Gasteiger partial charge is 0.293 e. The van der Waals surface area contributed by atoms with Gasteiger partial charge in [-0.2, -0.15) is 0 Å². The van der Waals surface area contributed by atoms with Crippen molar-refractivity contribution < 1.29 is 14.6 Å². The van der Waals surface area contributed by atoms with Gasteiger partial charge in [0.2, 0.25) is 0 Å². The van der Waals surface area contributed by atoms with Gasteiger partial charge < -0.3 is 9.84 Å². The molecule has 2 atom stereocenters. The van der Waals surface area contributed by atoms with Crippen molar-refractivity contribution in [3.05, 3.63) is 12.2 Å². The molecule has 3 nitrogen and oxygen atoms in total. The van der Waals surface area contributed by atoms with Crippen molar-refractivity contribution in [2.75, 3.05) is 0 Å². The largest absolute Gasteiger partial charge is 0.460 e. The van der Waals surface area contributed by atoms with E-state index in [4.69, 9.17) is 4.74 Å². The maximum absolute atomic E-state index is 10.0. The fourth-order valence-electron chi connectivity index (χ4n) is 1.32. The molecule has 1 aliphatic rings. The highest BCUT2D eigenvalue weighted by atomic mass is 16.5. The van der Waals surface area contributed by atoms with Crippen molar-refractivity contribution in [2.45, 2.75) is 37.9 Å². The Balaban J connectivity index is 2.41. The summed E-state index contributed by atoms with van der Waals surface area (Å²) in [5.74, 6) is 0. The maximum Gasteiger partial charge on any atom is 0.293 e. The van der Waals surface area contributed by atoms with Gasteiger partial charge in [0, 0.05) is 0 Å². The molecule has 12 heavy (non-hydrogen) atoms. The number of hydrogen-bond acceptors (Lipinski definition) is 3. The van der Waals surface area contributed by atoms with Crippen LogP contribution in [0, 0.1) is 0 Å². The number of allylic oxidation sites excluding steroid dienone is 1. The lowest BCUT2D eigenvalue weighted by atomic mass is 10.0. The van der Waals surface area contributed by atoms with Crippen LogP contribution in [0.3, 0.4) is 0 Å². The minimum atomic E-state index is -0.243. The van der Waals surface area contributed by atoms with E-state index < -0.39 is 0 Å². The second-order valence-electron chi connectivity index (χ2n) is 3.01. The van der Waals surface area contributed by atoms with Crippen molar-refractivity contribution in [1.82, 2.24) is 0 Å². The molecule has 1 aliphatic carbocycles. The number of carbonyl (C=O) groups excluding carboxylic acids is 1. The minimum absolute atomic E-state index is 0.141. The fourth-order valence-corrected chi connectivity index (χ4v) is 1.32. The molecule has 0 bridgehead atoms. The first kappa shape index (κ1) is 9.26. The van der Waals surface area contributed by atoms with Crippen molar-refractivity contribution >= 4 is 6.47 Å². The molecule has 0 saturated carbocycles. The van der Waals surface area contributed by atoms with Gasteiger partial charge in [0.15, 0.2) is 0 Å². The van der Waals surface area contributed by atoms with Gasteiger partial charge in [0.25, 0.3) is 6.47 Å². The molecule has 0 radical (unpaired) electrons. The molecular weight excluding hydrogens is 156 g/mol. The Morgan fingerprint density at radius 3 is 3.00 bits per heavy atom. The molecule has 0 aromatic carbocycles. The van der Waals surface area contributed by atoms with Crippen LogP contribution in [0.1, 0.15) is 25.7 Å². The number of ether oxygens (including phenoxy) is 1. The van der Waals surface area contributed by atoms with Gasteiger partial charge in [-0.05, 0) is 31.8 Å². The zero-order valence-corrected chi connectivity index (χ0v) is 6.98. The van der Waals surface area contributed by atoms with Gasteiger partial charge in [-0.25, -0.2) is 0 Å². The van der Waals surface area contributed by atoms with Crippen LogP contribution in [0.25, 0.3) is 0 Å². The summed E-state index contributed by atoms with van der Waals surface area (Å²) in [6.07, 6.45) is 6.56. The molecule has 1 rings (SSSR count). The minimum Gasteiger partial charge on any atom is -0.460 e. The van der Waals surface area contributed by atoms with E-state index in [0.29, 0.717) is 12.9 Å². The van der Waals surface area contributed by atoms with Crippen LogP contribution >= 0.6 is 0 Å². The summed E-state index contributed by atoms with van der Waals surface area (Å²) in [6.45, 7) is 0.461. The highest BCUT2D eigenvalue weighted by molar-refractivity contribution is 5.38. The summed E-state index contributed by atoms with van der Waals surface area (Å²) in [6, 6.07) is 0. The fraction of sp³-hybridized carbons (Fsp3) is 0.667. The van der Waals surface area contributed by atoms with Gasteiger partial charge in [-0.15, -0.1) is 0 Å². The Hall–Kier alpha value is -0.830. The highest BCUT2D eigenvalue weighted by Gasteiger charge is 2.11. The van der Waals surface area contributed by atoms with Gasteiger partial charge in [0.1, 0.15) is 6.10 Å². The first-order valence-electron chi connectivity index (χ1n) is 4.26. The number of aliphatic hydroxyl groups excluding tert-OH is 1. The monoisotopic (exact) mass is 170 g/mol. The number of carbonyl (C=O) groups is 1. The van der Waals surface area contributed by atoms with E-state index in [0.717, 1.165) is 19.3 Å². The summed E-state index contributed by atoms with van der Waals surface area (Å²) in [5, 5.41) is 9.32. The van der Waals surface area contributed by atoms with Crippen LogP contribution in [0.4, 0.5) is 0 Å². The third-order valence-corrected chi connectivity index (χ3v) is 2.03. The van der Waals surface area contributed by atoms with E-state index in [2.05, 4.69) is 0 Å². The van der Waals surface area contributed by atoms with E-state index in [-0.39, 0.29) is 12.2 Å². The summed E-state index contributed by atoms with van der Waals surface area (Å²) < 4.78 is 4.79. The Morgan fingerprint density at radius 2 is 2.25 bits per heavy atom. The number of hydrogen-bond donors (Lipinski definition) is 1. The topological polar surface area (TPSA) is 46.5 Å². The Kier molecular flexibility index (Phi) is 3.80. The van der Waals surface area contributed by atoms with Gasteiger partial charge in [-0.1, -0.05) is 6.08 Å². The predicted molar refractivity (Wildman–Crippen MR) is 44.6 cm³/mol. The molecule has 68 valence electrons. The molecule has 0 amide bonds. The van der Waals surface area contributed by atoms with Crippen LogP contribution < -0.4 is 0 Å². The first-order chi connectivity index (χ1) is 5.83. The molecule has 0 aromatic heterocycles. The molecule has 0 aromatic rings. The molecule has 3 heteroatoms. The highest BCUT2D eigenvalue weighted by Crippen LogP contribution is 2.14. The first-order valence-corrected chi connectivity index (χ1v) is 4.26. The van der Waals surface area contributed by atoms with Gasteiger partial charge >= 0.3 is 0 Å². The van der Waals surface area contributed by atoms with E-state index in [1.54, 1.807) is 0 Å². The van der Waals surface area contributed by atoms with Crippen LogP contribution in [-0.4, -0.2) is 23.8 Å². The predicted octanol–water partition coefficient (Wildman–Crippen LogP) is 1.02. The molecule has 2 unspecified atom stereocenters. The molecule has 0 aliphatic heterocycles. The Labute approximate surface area is 72.0 Å². The lowest BCUT2D eigenvalue weighted by molar-refractivity contribution is -0.132. The van der Waals surface area contributed by atoms with E-state index in [1.165, 1.54) is 0 Å². The van der Waals surface area contributed by atoms with E-state index >= 15 is 0 Å². The SMILES string of the molecule is O=COC1/C=C/CCC(O)CC1. The molecular formula is C9H14O3. The molecule has 0 fully saturated rings. The molecule has 0 saturated heterocycles. The van der Waals surface area contributed by atoms with Gasteiger partial charge in [0.05, 0.1) is 6.10 Å². The summed E-state index contributed by atoms with van der Waals surface area (Å²) in [7, 11) is 0. The summed E-state index contributed by atoms with van der Waals surface area (Å²) >= 11 is 0. The van der Waals surface area contributed by atoms with E-state index in [9.17, 15) is 9.90 Å². The molecule has 0 heterocycles. The van der Waals surface area contributed by atoms with Crippen molar-refractivity contribution in [1.29, 1.82) is 0 Å². The maximum atomic E-state index is 10.0. The Bertz CT molecular complexity index is 165. The normalized spacial score (nSPS) is 33.1. The van der Waals surface area contributed by atoms with Gasteiger partial charge in [-0.3, -0.25) is 4.79 Å². The van der Waals surface area contributed by atoms with Crippen LogP contribution in [0.15, 0.2) is 12.2 Å². The Morgan fingerprint density at radius 1 is 1.42 bits per heavy atom. The summed E-state index contributed by atoms with van der Waals surface area (Å²) in [5.41, 5.74) is 0. The standard InChI is InChI=1S/C9H14O3/c10-7-12-9-4-2-1-3-8(11)5-6-9/h2,4,7-9,11H,1,3,5-6H2/b4-2+. The van der Waals surface area contributed by atoms with Crippen LogP contribution in [0.5, 0.6) is 0 Å². The zero-order chi connectivity index (χ0) is 8.81. The lowest BCUT2D eigenvalue weighted by Gasteiger charge is -2.16. The number of rotatable bonds is 2. The quantitative estimate of drug-likeness (QED) is 0.497. The molecule has 0 spiro atoms. The van der Waals surface area contributed by atoms with E-state index in [1.807, 2.05) is 12.2 Å². The van der Waals surface area contributed by atoms with Crippen LogP contribution in [-0.2, 0) is 9.53 Å². The lowest BCUT2D eigenvalue weighted by Crippen LogP contribution is -2.16. The van der Waals surface area contributed by atoms with Crippen molar-refractivity contribution in [2.24, 2.45) is 0 Å². The number of aliphatic hydroxyl groups is 1. The second-order valence-corrected chi connectivity index (χ2v) is 3.01. The second kappa shape index (κ2) is 4.93.